The molecule has 0 fully saturated rings. The number of hydrogen-bond acceptors (Lipinski definition) is 3. The van der Waals surface area contributed by atoms with Crippen molar-refractivity contribution in [2.24, 2.45) is 0 Å². The molecule has 1 heterocycles. The van der Waals surface area contributed by atoms with Crippen LogP contribution in [0.25, 0.3) is 11.3 Å². The van der Waals surface area contributed by atoms with Gasteiger partial charge in [0, 0.05) is 25.6 Å². The molecule has 0 aliphatic heterocycles. The highest BCUT2D eigenvalue weighted by Gasteiger charge is 2.11. The van der Waals surface area contributed by atoms with Crippen molar-refractivity contribution in [1.29, 1.82) is 0 Å². The fourth-order valence-electron chi connectivity index (χ4n) is 2.20. The molecule has 0 spiro atoms. The average Bonchev–Trinajstić information content (AvgIpc) is 2.55. The fourth-order valence-corrected chi connectivity index (χ4v) is 2.20. The number of aromatic nitrogens is 1. The number of hydrogen-bond donors (Lipinski definition) is 2. The molecule has 5 heteroatoms. The van der Waals surface area contributed by atoms with E-state index in [1.807, 2.05) is 44.2 Å². The second-order valence-corrected chi connectivity index (χ2v) is 5.37. The van der Waals surface area contributed by atoms with Crippen molar-refractivity contribution in [1.82, 2.24) is 15.6 Å². The minimum atomic E-state index is -0.214. The molecular formula is C18H21N3O2. The van der Waals surface area contributed by atoms with Crippen LogP contribution >= 0.6 is 0 Å². The lowest BCUT2D eigenvalue weighted by atomic mass is 10.1. The summed E-state index contributed by atoms with van der Waals surface area (Å²) < 4.78 is 0. The molecular weight excluding hydrogens is 290 g/mol. The van der Waals surface area contributed by atoms with Crippen LogP contribution in [0.15, 0.2) is 36.4 Å². The van der Waals surface area contributed by atoms with E-state index in [0.717, 1.165) is 11.3 Å². The van der Waals surface area contributed by atoms with E-state index in [2.05, 4.69) is 15.6 Å². The van der Waals surface area contributed by atoms with Crippen LogP contribution in [0.4, 0.5) is 0 Å². The van der Waals surface area contributed by atoms with Gasteiger partial charge in [0.1, 0.15) is 0 Å². The first-order valence-electron chi connectivity index (χ1n) is 7.54. The molecule has 0 bridgehead atoms. The molecule has 0 aliphatic rings. The number of benzene rings is 1. The fraction of sp³-hybridized carbons (Fsp3) is 0.278. The summed E-state index contributed by atoms with van der Waals surface area (Å²) >= 11 is 0. The van der Waals surface area contributed by atoms with Crippen molar-refractivity contribution in [2.45, 2.75) is 20.3 Å². The predicted octanol–water partition coefficient (Wildman–Crippen LogP) is 2.23. The van der Waals surface area contributed by atoms with E-state index in [1.165, 1.54) is 5.56 Å². The summed E-state index contributed by atoms with van der Waals surface area (Å²) in [5.74, 6) is -0.316. The molecule has 0 saturated heterocycles. The van der Waals surface area contributed by atoms with Gasteiger partial charge < -0.3 is 10.6 Å². The SMILES string of the molecule is CNC(=O)CCNC(=O)c1ccc(-c2ccc(C)cc2)nc1C. The van der Waals surface area contributed by atoms with Crippen molar-refractivity contribution < 1.29 is 9.59 Å². The molecule has 2 rings (SSSR count). The molecule has 0 aliphatic carbocycles. The number of nitrogens with zero attached hydrogens (tertiary/aromatic N) is 1. The smallest absolute Gasteiger partial charge is 0.253 e. The van der Waals surface area contributed by atoms with Crippen LogP contribution in [-0.2, 0) is 4.79 Å². The summed E-state index contributed by atoms with van der Waals surface area (Å²) in [5, 5.41) is 5.25. The topological polar surface area (TPSA) is 71.1 Å². The van der Waals surface area contributed by atoms with Gasteiger partial charge in [-0.2, -0.15) is 0 Å². The Morgan fingerprint density at radius 1 is 1.04 bits per heavy atom. The van der Waals surface area contributed by atoms with Crippen molar-refractivity contribution in [2.75, 3.05) is 13.6 Å². The number of aryl methyl sites for hydroxylation is 2. The Bertz CT molecular complexity index is 709. The van der Waals surface area contributed by atoms with Crippen LogP contribution in [0.3, 0.4) is 0 Å². The number of nitrogens with one attached hydrogen (secondary N) is 2. The third kappa shape index (κ3) is 4.39. The van der Waals surface area contributed by atoms with Gasteiger partial charge in [0.25, 0.3) is 5.91 Å². The largest absolute Gasteiger partial charge is 0.359 e. The van der Waals surface area contributed by atoms with E-state index in [0.29, 0.717) is 17.8 Å². The molecule has 0 unspecified atom stereocenters. The highest BCUT2D eigenvalue weighted by Crippen LogP contribution is 2.19. The zero-order chi connectivity index (χ0) is 16.8. The Labute approximate surface area is 136 Å². The summed E-state index contributed by atoms with van der Waals surface area (Å²) in [4.78, 5) is 27.8. The Hall–Kier alpha value is -2.69. The van der Waals surface area contributed by atoms with Gasteiger partial charge in [0.2, 0.25) is 5.91 Å². The van der Waals surface area contributed by atoms with Gasteiger partial charge in [-0.25, -0.2) is 0 Å². The highest BCUT2D eigenvalue weighted by molar-refractivity contribution is 5.95. The molecule has 23 heavy (non-hydrogen) atoms. The Balaban J connectivity index is 2.08. The minimum Gasteiger partial charge on any atom is -0.359 e. The molecule has 0 saturated carbocycles. The zero-order valence-corrected chi connectivity index (χ0v) is 13.6. The number of carbonyl (C=O) groups is 2. The van der Waals surface area contributed by atoms with Crippen LogP contribution in [0.1, 0.15) is 28.0 Å². The molecule has 2 aromatic rings. The highest BCUT2D eigenvalue weighted by atomic mass is 16.2. The third-order valence-electron chi connectivity index (χ3n) is 3.59. The van der Waals surface area contributed by atoms with E-state index in [1.54, 1.807) is 13.1 Å². The number of pyridine rings is 1. The molecule has 1 aromatic carbocycles. The van der Waals surface area contributed by atoms with Crippen molar-refractivity contribution >= 4 is 11.8 Å². The zero-order valence-electron chi connectivity index (χ0n) is 13.6. The summed E-state index contributed by atoms with van der Waals surface area (Å²) in [5.41, 5.74) is 4.24. The van der Waals surface area contributed by atoms with Crippen LogP contribution in [0.2, 0.25) is 0 Å². The first-order chi connectivity index (χ1) is 11.0. The van der Waals surface area contributed by atoms with Gasteiger partial charge in [-0.05, 0) is 26.0 Å². The Morgan fingerprint density at radius 2 is 1.74 bits per heavy atom. The van der Waals surface area contributed by atoms with Gasteiger partial charge in [0.05, 0.1) is 17.0 Å². The molecule has 5 nitrogen and oxygen atoms in total. The van der Waals surface area contributed by atoms with Gasteiger partial charge in [-0.3, -0.25) is 14.6 Å². The van der Waals surface area contributed by atoms with E-state index in [9.17, 15) is 9.59 Å². The van der Waals surface area contributed by atoms with Crippen LogP contribution in [0.5, 0.6) is 0 Å². The Morgan fingerprint density at radius 3 is 2.35 bits per heavy atom. The van der Waals surface area contributed by atoms with Crippen molar-refractivity contribution in [3.63, 3.8) is 0 Å². The maximum absolute atomic E-state index is 12.1. The van der Waals surface area contributed by atoms with Gasteiger partial charge in [-0.1, -0.05) is 29.8 Å². The van der Waals surface area contributed by atoms with Gasteiger partial charge >= 0.3 is 0 Å². The summed E-state index contributed by atoms with van der Waals surface area (Å²) in [6.45, 7) is 4.15. The van der Waals surface area contributed by atoms with Crippen LogP contribution in [-0.4, -0.2) is 30.4 Å². The first kappa shape index (κ1) is 16.7. The van der Waals surface area contributed by atoms with E-state index >= 15 is 0 Å². The minimum absolute atomic E-state index is 0.102. The molecule has 1 aromatic heterocycles. The number of amides is 2. The summed E-state index contributed by atoms with van der Waals surface area (Å²) in [6, 6.07) is 11.7. The summed E-state index contributed by atoms with van der Waals surface area (Å²) in [7, 11) is 1.57. The Kier molecular flexibility index (Phi) is 5.46. The standard InChI is InChI=1S/C18H21N3O2/c1-12-4-6-14(7-5-12)16-9-8-15(13(2)21-16)18(23)20-11-10-17(22)19-3/h4-9H,10-11H2,1-3H3,(H,19,22)(H,20,23). The number of rotatable bonds is 5. The second kappa shape index (κ2) is 7.54. The number of carbonyl (C=O) groups excluding carboxylic acids is 2. The van der Waals surface area contributed by atoms with Crippen molar-refractivity contribution in [3.8, 4) is 11.3 Å². The normalized spacial score (nSPS) is 10.2. The second-order valence-electron chi connectivity index (χ2n) is 5.37. The monoisotopic (exact) mass is 311 g/mol. The van der Waals surface area contributed by atoms with Crippen molar-refractivity contribution in [3.05, 3.63) is 53.2 Å². The molecule has 2 N–H and O–H groups in total. The average molecular weight is 311 g/mol. The van der Waals surface area contributed by atoms with E-state index in [-0.39, 0.29) is 18.2 Å². The lowest BCUT2D eigenvalue weighted by Gasteiger charge is -2.09. The first-order valence-corrected chi connectivity index (χ1v) is 7.54. The summed E-state index contributed by atoms with van der Waals surface area (Å²) in [6.07, 6.45) is 0.260. The molecule has 0 radical (unpaired) electrons. The lowest BCUT2D eigenvalue weighted by Crippen LogP contribution is -2.29. The maximum atomic E-state index is 12.1. The van der Waals surface area contributed by atoms with Crippen LogP contribution in [0, 0.1) is 13.8 Å². The maximum Gasteiger partial charge on any atom is 0.253 e. The van der Waals surface area contributed by atoms with Gasteiger partial charge in [-0.15, -0.1) is 0 Å². The van der Waals surface area contributed by atoms with E-state index in [4.69, 9.17) is 0 Å². The molecule has 0 atom stereocenters. The quantitative estimate of drug-likeness (QED) is 0.889. The molecule has 120 valence electrons. The lowest BCUT2D eigenvalue weighted by molar-refractivity contribution is -0.120. The van der Waals surface area contributed by atoms with E-state index < -0.39 is 0 Å². The predicted molar refractivity (Wildman–Crippen MR) is 90.2 cm³/mol. The van der Waals surface area contributed by atoms with Crippen LogP contribution < -0.4 is 10.6 Å². The molecule has 2 amide bonds. The third-order valence-corrected chi connectivity index (χ3v) is 3.59. The van der Waals surface area contributed by atoms with Gasteiger partial charge in [0.15, 0.2) is 0 Å².